The lowest BCUT2D eigenvalue weighted by Crippen LogP contribution is -2.39. The minimum atomic E-state index is -0.482. The molecule has 4 N–H and O–H groups in total. The molecule has 0 atom stereocenters. The van der Waals surface area contributed by atoms with Crippen molar-refractivity contribution in [1.82, 2.24) is 0 Å². The van der Waals surface area contributed by atoms with Crippen LogP contribution in [0.1, 0.15) is 18.1 Å². The van der Waals surface area contributed by atoms with Gasteiger partial charge in [0.15, 0.2) is 0 Å². The van der Waals surface area contributed by atoms with Crippen LogP contribution in [-0.2, 0) is 14.4 Å². The van der Waals surface area contributed by atoms with Crippen molar-refractivity contribution >= 4 is 46.1 Å². The van der Waals surface area contributed by atoms with Gasteiger partial charge in [0.2, 0.25) is 11.8 Å². The quantitative estimate of drug-likeness (QED) is 0.542. The summed E-state index contributed by atoms with van der Waals surface area (Å²) < 4.78 is 0. The highest BCUT2D eigenvalue weighted by Gasteiger charge is 2.28. The van der Waals surface area contributed by atoms with Crippen LogP contribution >= 0.6 is 0 Å². The van der Waals surface area contributed by atoms with Gasteiger partial charge >= 0.3 is 0 Å². The fourth-order valence-electron chi connectivity index (χ4n) is 3.68. The smallest absolute Gasteiger partial charge is 0.258 e. The summed E-state index contributed by atoms with van der Waals surface area (Å²) in [7, 11) is 0. The molecule has 1 aliphatic heterocycles. The molecule has 160 valence electrons. The number of carbonyl (C=O) groups is 3. The highest BCUT2D eigenvalue weighted by Crippen LogP contribution is 2.37. The standard InChI is InChI=1S/C25H22N4O3/c1-16(30)29(22(31)15-26)19-13-11-18(12-14-19)27-24(17-7-3-2-4-8-17)23-20-9-5-6-10-21(20)28-25(23)32/h2-14,27H,15,26H2,1H3,(H,28,32)/b24-23-. The van der Waals surface area contributed by atoms with Gasteiger partial charge in [0.05, 0.1) is 23.5 Å². The SMILES string of the molecule is CC(=O)N(C(=O)CN)c1ccc(N/C(=C2\C(=O)Nc3ccccc32)c2ccccc2)cc1. The number of fused-ring (bicyclic) bond motifs is 1. The normalized spacial score (nSPS) is 13.8. The lowest BCUT2D eigenvalue weighted by atomic mass is 10.00. The van der Waals surface area contributed by atoms with Crippen LogP contribution < -0.4 is 21.3 Å². The zero-order valence-corrected chi connectivity index (χ0v) is 17.5. The van der Waals surface area contributed by atoms with Gasteiger partial charge in [-0.2, -0.15) is 0 Å². The molecule has 0 radical (unpaired) electrons. The van der Waals surface area contributed by atoms with Gasteiger partial charge in [0.25, 0.3) is 5.91 Å². The van der Waals surface area contributed by atoms with Crippen LogP contribution in [0.3, 0.4) is 0 Å². The van der Waals surface area contributed by atoms with Crippen molar-refractivity contribution in [2.75, 3.05) is 22.1 Å². The van der Waals surface area contributed by atoms with Crippen molar-refractivity contribution in [2.45, 2.75) is 6.92 Å². The van der Waals surface area contributed by atoms with Crippen molar-refractivity contribution in [3.63, 3.8) is 0 Å². The summed E-state index contributed by atoms with van der Waals surface area (Å²) in [4.78, 5) is 37.8. The van der Waals surface area contributed by atoms with Crippen molar-refractivity contribution in [1.29, 1.82) is 0 Å². The first-order valence-electron chi connectivity index (χ1n) is 10.1. The van der Waals surface area contributed by atoms with Crippen LogP contribution in [0.25, 0.3) is 11.3 Å². The van der Waals surface area contributed by atoms with Crippen LogP contribution in [0, 0.1) is 0 Å². The summed E-state index contributed by atoms with van der Waals surface area (Å²) in [5, 5.41) is 6.26. The number of anilines is 3. The number of hydrogen-bond acceptors (Lipinski definition) is 5. The summed E-state index contributed by atoms with van der Waals surface area (Å²) >= 11 is 0. The highest BCUT2D eigenvalue weighted by molar-refractivity contribution is 6.37. The Morgan fingerprint density at radius 2 is 1.59 bits per heavy atom. The second-order valence-corrected chi connectivity index (χ2v) is 7.24. The fourth-order valence-corrected chi connectivity index (χ4v) is 3.68. The summed E-state index contributed by atoms with van der Waals surface area (Å²) in [6.07, 6.45) is 0. The topological polar surface area (TPSA) is 105 Å². The van der Waals surface area contributed by atoms with E-state index >= 15 is 0 Å². The molecule has 0 aromatic heterocycles. The summed E-state index contributed by atoms with van der Waals surface area (Å²) in [6.45, 7) is 1.05. The van der Waals surface area contributed by atoms with Crippen LogP contribution in [0.15, 0.2) is 78.9 Å². The maximum absolute atomic E-state index is 12.9. The van der Waals surface area contributed by atoms with Gasteiger partial charge in [-0.3, -0.25) is 14.4 Å². The Labute approximate surface area is 185 Å². The second kappa shape index (κ2) is 8.87. The first-order valence-corrected chi connectivity index (χ1v) is 10.1. The maximum atomic E-state index is 12.9. The minimum absolute atomic E-state index is 0.189. The molecule has 3 aromatic rings. The molecule has 0 fully saturated rings. The molecule has 0 saturated carbocycles. The van der Waals surface area contributed by atoms with Crippen LogP contribution in [0.5, 0.6) is 0 Å². The molecule has 0 bridgehead atoms. The molecule has 1 aliphatic rings. The van der Waals surface area contributed by atoms with Crippen molar-refractivity contribution in [2.24, 2.45) is 5.73 Å². The van der Waals surface area contributed by atoms with E-state index in [1.165, 1.54) is 6.92 Å². The molecule has 4 rings (SSSR count). The monoisotopic (exact) mass is 426 g/mol. The Hall–Kier alpha value is -4.23. The molecule has 32 heavy (non-hydrogen) atoms. The largest absolute Gasteiger partial charge is 0.354 e. The van der Waals surface area contributed by atoms with Crippen molar-refractivity contribution in [3.05, 3.63) is 90.0 Å². The zero-order chi connectivity index (χ0) is 22.7. The number of carbonyl (C=O) groups excluding carboxylic acids is 3. The number of nitrogens with two attached hydrogens (primary N) is 1. The fraction of sp³-hybridized carbons (Fsp3) is 0.0800. The van der Waals surface area contributed by atoms with Gasteiger partial charge in [-0.1, -0.05) is 48.5 Å². The number of amides is 3. The molecular formula is C25H22N4O3. The third-order valence-corrected chi connectivity index (χ3v) is 5.12. The van der Waals surface area contributed by atoms with Gasteiger partial charge in [-0.05, 0) is 35.9 Å². The van der Waals surface area contributed by atoms with Crippen LogP contribution in [0.2, 0.25) is 0 Å². The number of imide groups is 1. The minimum Gasteiger partial charge on any atom is -0.354 e. The summed E-state index contributed by atoms with van der Waals surface area (Å²) in [5.41, 5.74) is 10.2. The van der Waals surface area contributed by atoms with E-state index in [1.54, 1.807) is 24.3 Å². The van der Waals surface area contributed by atoms with Crippen LogP contribution in [0.4, 0.5) is 17.1 Å². The van der Waals surface area contributed by atoms with E-state index in [9.17, 15) is 14.4 Å². The third kappa shape index (κ3) is 4.01. The predicted molar refractivity (Wildman–Crippen MR) is 126 cm³/mol. The van der Waals surface area contributed by atoms with E-state index in [2.05, 4.69) is 10.6 Å². The Morgan fingerprint density at radius 3 is 2.25 bits per heavy atom. The lowest BCUT2D eigenvalue weighted by Gasteiger charge is -2.19. The molecule has 3 amide bonds. The van der Waals surface area contributed by atoms with Crippen molar-refractivity contribution in [3.8, 4) is 0 Å². The van der Waals surface area contributed by atoms with E-state index in [4.69, 9.17) is 5.73 Å². The Morgan fingerprint density at radius 1 is 0.938 bits per heavy atom. The zero-order valence-electron chi connectivity index (χ0n) is 17.5. The molecular weight excluding hydrogens is 404 g/mol. The van der Waals surface area contributed by atoms with E-state index in [0.717, 1.165) is 21.7 Å². The second-order valence-electron chi connectivity index (χ2n) is 7.24. The van der Waals surface area contributed by atoms with Gasteiger partial charge in [0, 0.05) is 23.9 Å². The molecule has 0 unspecified atom stereocenters. The number of para-hydroxylation sites is 1. The first kappa shape index (κ1) is 21.0. The van der Waals surface area contributed by atoms with E-state index in [-0.39, 0.29) is 12.5 Å². The van der Waals surface area contributed by atoms with Gasteiger partial charge in [0.1, 0.15) is 0 Å². The number of nitrogens with one attached hydrogen (secondary N) is 2. The average Bonchev–Trinajstić information content (AvgIpc) is 3.14. The van der Waals surface area contributed by atoms with E-state index < -0.39 is 11.8 Å². The Kier molecular flexibility index (Phi) is 5.83. The van der Waals surface area contributed by atoms with Gasteiger partial charge in [-0.15, -0.1) is 0 Å². The average molecular weight is 426 g/mol. The highest BCUT2D eigenvalue weighted by atomic mass is 16.2. The summed E-state index contributed by atoms with van der Waals surface area (Å²) in [5.74, 6) is -1.08. The molecule has 0 aliphatic carbocycles. The van der Waals surface area contributed by atoms with Crippen LogP contribution in [-0.4, -0.2) is 24.3 Å². The Bertz CT molecular complexity index is 1220. The van der Waals surface area contributed by atoms with Gasteiger partial charge < -0.3 is 16.4 Å². The third-order valence-electron chi connectivity index (χ3n) is 5.12. The maximum Gasteiger partial charge on any atom is 0.258 e. The molecule has 0 saturated heterocycles. The number of hydrogen-bond donors (Lipinski definition) is 3. The molecule has 7 heteroatoms. The molecule has 7 nitrogen and oxygen atoms in total. The Balaban J connectivity index is 1.75. The number of rotatable bonds is 5. The van der Waals surface area contributed by atoms with Crippen molar-refractivity contribution < 1.29 is 14.4 Å². The number of benzene rings is 3. The lowest BCUT2D eigenvalue weighted by molar-refractivity contribution is -0.124. The first-order chi connectivity index (χ1) is 15.5. The molecule has 0 spiro atoms. The van der Waals surface area contributed by atoms with E-state index in [1.807, 2.05) is 54.6 Å². The van der Waals surface area contributed by atoms with Gasteiger partial charge in [-0.25, -0.2) is 4.90 Å². The van der Waals surface area contributed by atoms with E-state index in [0.29, 0.717) is 22.6 Å². The summed E-state index contributed by atoms with van der Waals surface area (Å²) in [6, 6.07) is 23.9. The molecule has 3 aromatic carbocycles. The molecule has 1 heterocycles. The predicted octanol–water partition coefficient (Wildman–Crippen LogP) is 3.46. The number of nitrogens with zero attached hydrogens (tertiary/aromatic N) is 1.